The van der Waals surface area contributed by atoms with Gasteiger partial charge in [-0.15, -0.1) is 0 Å². The van der Waals surface area contributed by atoms with Crippen molar-refractivity contribution in [3.8, 4) is 11.3 Å². The highest BCUT2D eigenvalue weighted by molar-refractivity contribution is 5.91. The third kappa shape index (κ3) is 7.11. The fourth-order valence-corrected chi connectivity index (χ4v) is 3.46. The molecular weight excluding hydrogens is 524 g/mol. The number of hydrogen-bond acceptors (Lipinski definition) is 7. The van der Waals surface area contributed by atoms with E-state index >= 15 is 0 Å². The van der Waals surface area contributed by atoms with E-state index in [1.165, 1.54) is 32.0 Å². The number of benzene rings is 1. The molecule has 0 aliphatic heterocycles. The molecule has 13 heteroatoms. The van der Waals surface area contributed by atoms with Crippen molar-refractivity contribution in [2.24, 2.45) is 0 Å². The average molecular weight is 553 g/mol. The SMILES string of the molecule is CC(C)(C)OC(=O)NC(C)(C)c1cc(-c2ccc(F)cc2)nc(C(O)(CNC(=O)c2cocn2)C(F)(F)F)c1. The molecule has 1 unspecified atom stereocenters. The van der Waals surface area contributed by atoms with Crippen LogP contribution in [-0.2, 0) is 15.9 Å². The van der Waals surface area contributed by atoms with Gasteiger partial charge in [-0.25, -0.2) is 19.2 Å². The number of aromatic nitrogens is 2. The maximum atomic E-state index is 14.4. The first-order valence-electron chi connectivity index (χ1n) is 11.7. The number of oxazole rings is 1. The number of ether oxygens (including phenoxy) is 1. The fraction of sp³-hybridized carbons (Fsp3) is 0.385. The molecule has 0 radical (unpaired) electrons. The van der Waals surface area contributed by atoms with Gasteiger partial charge in [0.25, 0.3) is 5.91 Å². The molecule has 3 aromatic rings. The molecule has 3 N–H and O–H groups in total. The van der Waals surface area contributed by atoms with Crippen molar-refractivity contribution in [3.05, 3.63) is 71.8 Å². The Hall–Kier alpha value is -4.00. The predicted molar refractivity (Wildman–Crippen MR) is 131 cm³/mol. The van der Waals surface area contributed by atoms with E-state index in [0.29, 0.717) is 0 Å². The third-order valence-electron chi connectivity index (χ3n) is 5.56. The van der Waals surface area contributed by atoms with E-state index in [1.807, 2.05) is 5.32 Å². The standard InChI is InChI=1S/C26H28F4N4O5/c1-23(2,3)39-22(36)34-24(4,5)16-10-18(15-6-8-17(27)9-7-15)33-20(11-16)25(37,26(28,29)30)13-31-21(35)19-12-38-14-32-19/h6-12,14,37H,13H2,1-5H3,(H,31,35)(H,34,36). The Labute approximate surface area is 221 Å². The van der Waals surface area contributed by atoms with Crippen molar-refractivity contribution in [2.45, 2.75) is 57.5 Å². The first kappa shape index (κ1) is 29.6. The van der Waals surface area contributed by atoms with Crippen LogP contribution in [0.25, 0.3) is 11.3 Å². The number of nitrogens with zero attached hydrogens (tertiary/aromatic N) is 2. The summed E-state index contributed by atoms with van der Waals surface area (Å²) >= 11 is 0. The van der Waals surface area contributed by atoms with Gasteiger partial charge in [-0.3, -0.25) is 4.79 Å². The van der Waals surface area contributed by atoms with Gasteiger partial charge in [-0.2, -0.15) is 13.2 Å². The van der Waals surface area contributed by atoms with Gasteiger partial charge in [-0.1, -0.05) is 0 Å². The molecule has 1 aromatic carbocycles. The first-order valence-corrected chi connectivity index (χ1v) is 11.7. The number of hydrogen-bond donors (Lipinski definition) is 3. The molecule has 210 valence electrons. The highest BCUT2D eigenvalue weighted by Gasteiger charge is 2.56. The minimum atomic E-state index is -5.31. The third-order valence-corrected chi connectivity index (χ3v) is 5.56. The van der Waals surface area contributed by atoms with Crippen molar-refractivity contribution in [2.75, 3.05) is 6.54 Å². The molecule has 0 saturated carbocycles. The summed E-state index contributed by atoms with van der Waals surface area (Å²) in [6, 6.07) is 7.18. The summed E-state index contributed by atoms with van der Waals surface area (Å²) in [7, 11) is 0. The summed E-state index contributed by atoms with van der Waals surface area (Å²) in [6.07, 6.45) is -4.29. The number of pyridine rings is 1. The lowest BCUT2D eigenvalue weighted by atomic mass is 9.88. The minimum absolute atomic E-state index is 0.0490. The molecule has 0 fully saturated rings. The van der Waals surface area contributed by atoms with Gasteiger partial charge in [0, 0.05) is 5.56 Å². The number of amides is 2. The lowest BCUT2D eigenvalue weighted by molar-refractivity contribution is -0.265. The van der Waals surface area contributed by atoms with Crippen LogP contribution in [0.1, 0.15) is 56.4 Å². The molecule has 0 aliphatic rings. The first-order chi connectivity index (χ1) is 17.9. The number of aliphatic hydroxyl groups is 1. The van der Waals surface area contributed by atoms with Crippen LogP contribution in [-0.4, -0.2) is 45.4 Å². The highest BCUT2D eigenvalue weighted by atomic mass is 19.4. The van der Waals surface area contributed by atoms with Crippen molar-refractivity contribution >= 4 is 12.0 Å². The van der Waals surface area contributed by atoms with Crippen molar-refractivity contribution < 1.29 is 41.4 Å². The Morgan fingerprint density at radius 1 is 1.05 bits per heavy atom. The molecule has 0 bridgehead atoms. The molecule has 9 nitrogen and oxygen atoms in total. The van der Waals surface area contributed by atoms with E-state index < -0.39 is 53.0 Å². The second-order valence-electron chi connectivity index (χ2n) is 10.3. The summed E-state index contributed by atoms with van der Waals surface area (Å²) < 4.78 is 66.6. The molecule has 39 heavy (non-hydrogen) atoms. The Morgan fingerprint density at radius 2 is 1.69 bits per heavy atom. The topological polar surface area (TPSA) is 127 Å². The van der Waals surface area contributed by atoms with Crippen LogP contribution in [0.5, 0.6) is 0 Å². The zero-order valence-electron chi connectivity index (χ0n) is 21.8. The van der Waals surface area contributed by atoms with Crippen LogP contribution in [0.15, 0.2) is 53.5 Å². The quantitative estimate of drug-likeness (QED) is 0.359. The Morgan fingerprint density at radius 3 is 2.23 bits per heavy atom. The molecule has 0 aliphatic carbocycles. The van der Waals surface area contributed by atoms with Gasteiger partial charge in [-0.05, 0) is 76.6 Å². The highest BCUT2D eigenvalue weighted by Crippen LogP contribution is 2.40. The van der Waals surface area contributed by atoms with Gasteiger partial charge >= 0.3 is 12.3 Å². The monoisotopic (exact) mass is 552 g/mol. The van der Waals surface area contributed by atoms with Gasteiger partial charge in [0.1, 0.15) is 17.7 Å². The summed E-state index contributed by atoms with van der Waals surface area (Å²) in [5, 5.41) is 15.6. The number of nitrogens with one attached hydrogen (secondary N) is 2. The number of alkyl halides is 3. The van der Waals surface area contributed by atoms with E-state index in [1.54, 1.807) is 20.8 Å². The molecule has 2 heterocycles. The van der Waals surface area contributed by atoms with Gasteiger partial charge in [0.2, 0.25) is 5.60 Å². The average Bonchev–Trinajstić information content (AvgIpc) is 3.35. The van der Waals surface area contributed by atoms with Crippen LogP contribution in [0.3, 0.4) is 0 Å². The molecule has 3 rings (SSSR count). The summed E-state index contributed by atoms with van der Waals surface area (Å²) in [5.41, 5.74) is -6.70. The largest absolute Gasteiger partial charge is 0.451 e. The van der Waals surface area contributed by atoms with Crippen LogP contribution in [0.2, 0.25) is 0 Å². The van der Waals surface area contributed by atoms with Crippen molar-refractivity contribution in [3.63, 3.8) is 0 Å². The second-order valence-corrected chi connectivity index (χ2v) is 10.3. The molecular formula is C26H28F4N4O5. The van der Waals surface area contributed by atoms with Crippen molar-refractivity contribution in [1.29, 1.82) is 0 Å². The lowest BCUT2D eigenvalue weighted by Crippen LogP contribution is -2.52. The lowest BCUT2D eigenvalue weighted by Gasteiger charge is -2.33. The fourth-order valence-electron chi connectivity index (χ4n) is 3.46. The molecule has 0 saturated heterocycles. The van der Waals surface area contributed by atoms with Crippen molar-refractivity contribution in [1.82, 2.24) is 20.6 Å². The predicted octanol–water partition coefficient (Wildman–Crippen LogP) is 4.82. The number of alkyl carbamates (subject to hydrolysis) is 1. The van der Waals surface area contributed by atoms with Crippen LogP contribution in [0, 0.1) is 5.82 Å². The normalized spacial score (nSPS) is 13.9. The summed E-state index contributed by atoms with van der Waals surface area (Å²) in [5.74, 6) is -1.60. The molecule has 2 amide bonds. The van der Waals surface area contributed by atoms with Crippen LogP contribution < -0.4 is 10.6 Å². The van der Waals surface area contributed by atoms with Crippen LogP contribution >= 0.6 is 0 Å². The van der Waals surface area contributed by atoms with Gasteiger partial charge in [0.05, 0.1) is 23.5 Å². The zero-order chi connectivity index (χ0) is 29.2. The number of carbonyl (C=O) groups excluding carboxylic acids is 2. The summed E-state index contributed by atoms with van der Waals surface area (Å²) in [6.45, 7) is 6.66. The number of halogens is 4. The maximum absolute atomic E-state index is 14.4. The molecule has 1 atom stereocenters. The molecule has 2 aromatic heterocycles. The van der Waals surface area contributed by atoms with Gasteiger partial charge < -0.3 is 24.9 Å². The number of rotatable bonds is 7. The van der Waals surface area contributed by atoms with Crippen LogP contribution in [0.4, 0.5) is 22.4 Å². The smallest absolute Gasteiger partial charge is 0.424 e. The maximum Gasteiger partial charge on any atom is 0.424 e. The van der Waals surface area contributed by atoms with E-state index in [0.717, 1.165) is 30.9 Å². The Kier molecular flexibility index (Phi) is 8.06. The van der Waals surface area contributed by atoms with Gasteiger partial charge in [0.15, 0.2) is 12.1 Å². The van der Waals surface area contributed by atoms with E-state index in [-0.39, 0.29) is 22.5 Å². The minimum Gasteiger partial charge on any atom is -0.451 e. The Bertz CT molecular complexity index is 1320. The van der Waals surface area contributed by atoms with E-state index in [9.17, 15) is 32.3 Å². The zero-order valence-corrected chi connectivity index (χ0v) is 21.8. The van der Waals surface area contributed by atoms with E-state index in [2.05, 4.69) is 19.7 Å². The second kappa shape index (κ2) is 10.6. The molecule has 0 spiro atoms. The number of carbonyl (C=O) groups is 2. The van der Waals surface area contributed by atoms with E-state index in [4.69, 9.17) is 4.74 Å². The Balaban J connectivity index is 2.11. The summed E-state index contributed by atoms with van der Waals surface area (Å²) in [4.78, 5) is 32.4.